The Hall–Kier alpha value is -2.01. The molecule has 104 valence electrons. The summed E-state index contributed by atoms with van der Waals surface area (Å²) in [5.74, 6) is -1.66. The van der Waals surface area contributed by atoms with Crippen LogP contribution in [0.25, 0.3) is 0 Å². The van der Waals surface area contributed by atoms with Crippen molar-refractivity contribution in [2.24, 2.45) is 0 Å². The zero-order chi connectivity index (χ0) is 14.5. The molecule has 0 fully saturated rings. The third kappa shape index (κ3) is 3.30. The van der Waals surface area contributed by atoms with Gasteiger partial charge in [0, 0.05) is 24.5 Å². The van der Waals surface area contributed by atoms with Crippen molar-refractivity contribution in [2.45, 2.75) is 6.42 Å². The molecular formula is C14H11ClF2N2O. The molecule has 0 saturated heterocycles. The molecule has 20 heavy (non-hydrogen) atoms. The third-order valence-corrected chi connectivity index (χ3v) is 3.04. The van der Waals surface area contributed by atoms with E-state index in [0.29, 0.717) is 0 Å². The van der Waals surface area contributed by atoms with Crippen molar-refractivity contribution in [1.29, 1.82) is 0 Å². The number of pyridine rings is 1. The van der Waals surface area contributed by atoms with Gasteiger partial charge < -0.3 is 5.32 Å². The lowest BCUT2D eigenvalue weighted by Crippen LogP contribution is -2.26. The van der Waals surface area contributed by atoms with E-state index in [9.17, 15) is 13.6 Å². The van der Waals surface area contributed by atoms with E-state index < -0.39 is 17.5 Å². The first-order chi connectivity index (χ1) is 9.59. The molecule has 0 spiro atoms. The number of carbonyl (C=O) groups excluding carboxylic acids is 1. The lowest BCUT2D eigenvalue weighted by molar-refractivity contribution is 0.0954. The maximum Gasteiger partial charge on any atom is 0.252 e. The Balaban J connectivity index is 1.97. The van der Waals surface area contributed by atoms with Gasteiger partial charge in [0.15, 0.2) is 0 Å². The summed E-state index contributed by atoms with van der Waals surface area (Å²) in [5, 5.41) is 2.78. The SMILES string of the molecule is O=C(NCCc1c(F)cccc1F)c1ccncc1Cl. The lowest BCUT2D eigenvalue weighted by atomic mass is 10.1. The molecule has 0 aliphatic heterocycles. The van der Waals surface area contributed by atoms with Crippen LogP contribution >= 0.6 is 11.6 Å². The summed E-state index contributed by atoms with van der Waals surface area (Å²) in [6.45, 7) is 0.106. The molecule has 1 heterocycles. The Labute approximate surface area is 119 Å². The van der Waals surface area contributed by atoms with E-state index in [-0.39, 0.29) is 29.1 Å². The molecule has 1 amide bonds. The minimum Gasteiger partial charge on any atom is -0.352 e. The molecule has 0 bridgehead atoms. The fourth-order valence-corrected chi connectivity index (χ4v) is 1.93. The van der Waals surface area contributed by atoms with Crippen molar-refractivity contribution in [1.82, 2.24) is 10.3 Å². The highest BCUT2D eigenvalue weighted by Gasteiger charge is 2.11. The van der Waals surface area contributed by atoms with Gasteiger partial charge in [0.05, 0.1) is 10.6 Å². The average Bonchev–Trinajstić information content (AvgIpc) is 2.42. The van der Waals surface area contributed by atoms with Gasteiger partial charge in [0.25, 0.3) is 5.91 Å². The number of carbonyl (C=O) groups is 1. The highest BCUT2D eigenvalue weighted by Crippen LogP contribution is 2.14. The summed E-state index contributed by atoms with van der Waals surface area (Å²) in [5.41, 5.74) is 0.226. The molecule has 2 rings (SSSR count). The normalized spacial score (nSPS) is 10.3. The molecular weight excluding hydrogens is 286 g/mol. The van der Waals surface area contributed by atoms with Gasteiger partial charge >= 0.3 is 0 Å². The summed E-state index contributed by atoms with van der Waals surface area (Å²) in [7, 11) is 0. The Kier molecular flexibility index (Phi) is 4.63. The van der Waals surface area contributed by atoms with Crippen LogP contribution in [0.5, 0.6) is 0 Å². The molecule has 0 aliphatic carbocycles. The first-order valence-electron chi connectivity index (χ1n) is 5.90. The van der Waals surface area contributed by atoms with Crippen molar-refractivity contribution in [2.75, 3.05) is 6.54 Å². The zero-order valence-electron chi connectivity index (χ0n) is 10.4. The summed E-state index contributed by atoms with van der Waals surface area (Å²) >= 11 is 5.82. The Morgan fingerprint density at radius 2 is 1.95 bits per heavy atom. The van der Waals surface area contributed by atoms with Crippen LogP contribution in [-0.4, -0.2) is 17.4 Å². The molecule has 3 nitrogen and oxygen atoms in total. The first kappa shape index (κ1) is 14.4. The quantitative estimate of drug-likeness (QED) is 0.942. The van der Waals surface area contributed by atoms with Crippen molar-refractivity contribution in [3.05, 3.63) is 64.4 Å². The van der Waals surface area contributed by atoms with Crippen LogP contribution < -0.4 is 5.32 Å². The predicted molar refractivity (Wildman–Crippen MR) is 71.6 cm³/mol. The third-order valence-electron chi connectivity index (χ3n) is 2.74. The molecule has 1 aromatic heterocycles. The number of amides is 1. The second-order valence-electron chi connectivity index (χ2n) is 4.06. The van der Waals surface area contributed by atoms with E-state index in [1.165, 1.54) is 36.7 Å². The van der Waals surface area contributed by atoms with E-state index in [1.807, 2.05) is 0 Å². The maximum atomic E-state index is 13.4. The topological polar surface area (TPSA) is 42.0 Å². The van der Waals surface area contributed by atoms with Crippen LogP contribution in [0.4, 0.5) is 8.78 Å². The summed E-state index contributed by atoms with van der Waals surface area (Å²) < 4.78 is 26.8. The van der Waals surface area contributed by atoms with Crippen LogP contribution in [0, 0.1) is 11.6 Å². The average molecular weight is 297 g/mol. The van der Waals surface area contributed by atoms with E-state index in [4.69, 9.17) is 11.6 Å². The number of halogens is 3. The maximum absolute atomic E-state index is 13.4. The first-order valence-corrected chi connectivity index (χ1v) is 6.28. The zero-order valence-corrected chi connectivity index (χ0v) is 11.1. The standard InChI is InChI=1S/C14H11ClF2N2O/c15-11-8-18-6-4-9(11)14(20)19-7-5-10-12(16)2-1-3-13(10)17/h1-4,6,8H,5,7H2,(H,19,20). The molecule has 0 aliphatic rings. The van der Waals surface area contributed by atoms with Crippen molar-refractivity contribution in [3.8, 4) is 0 Å². The van der Waals surface area contributed by atoms with Crippen molar-refractivity contribution >= 4 is 17.5 Å². The molecule has 1 aromatic carbocycles. The number of aromatic nitrogens is 1. The fraction of sp³-hybridized carbons (Fsp3) is 0.143. The van der Waals surface area contributed by atoms with Gasteiger partial charge in [0.2, 0.25) is 0 Å². The van der Waals surface area contributed by atoms with E-state index in [1.54, 1.807) is 0 Å². The Morgan fingerprint density at radius 3 is 2.60 bits per heavy atom. The lowest BCUT2D eigenvalue weighted by Gasteiger charge is -2.07. The van der Waals surface area contributed by atoms with Crippen molar-refractivity contribution in [3.63, 3.8) is 0 Å². The largest absolute Gasteiger partial charge is 0.352 e. The summed E-state index contributed by atoms with van der Waals surface area (Å²) in [6, 6.07) is 5.13. The molecule has 0 atom stereocenters. The molecule has 6 heteroatoms. The number of benzene rings is 1. The van der Waals surface area contributed by atoms with Gasteiger partial charge in [-0.1, -0.05) is 17.7 Å². The molecule has 1 N–H and O–H groups in total. The summed E-state index contributed by atoms with van der Waals surface area (Å²) in [6.07, 6.45) is 2.86. The number of rotatable bonds is 4. The van der Waals surface area contributed by atoms with E-state index in [0.717, 1.165) is 0 Å². The van der Waals surface area contributed by atoms with Gasteiger partial charge in [-0.05, 0) is 24.6 Å². The van der Waals surface area contributed by atoms with E-state index in [2.05, 4.69) is 10.3 Å². The molecule has 0 radical (unpaired) electrons. The highest BCUT2D eigenvalue weighted by atomic mass is 35.5. The molecule has 0 saturated carbocycles. The smallest absolute Gasteiger partial charge is 0.252 e. The van der Waals surface area contributed by atoms with Gasteiger partial charge in [-0.25, -0.2) is 8.78 Å². The Morgan fingerprint density at radius 1 is 1.25 bits per heavy atom. The number of nitrogens with one attached hydrogen (secondary N) is 1. The Bertz CT molecular complexity index is 614. The van der Waals surface area contributed by atoms with Gasteiger partial charge in [-0.3, -0.25) is 9.78 Å². The molecule has 0 unspecified atom stereocenters. The van der Waals surface area contributed by atoms with Crippen LogP contribution in [0.2, 0.25) is 5.02 Å². The number of hydrogen-bond donors (Lipinski definition) is 1. The van der Waals surface area contributed by atoms with E-state index >= 15 is 0 Å². The van der Waals surface area contributed by atoms with Gasteiger partial charge in [-0.15, -0.1) is 0 Å². The minimum atomic E-state index is -0.624. The van der Waals surface area contributed by atoms with Crippen molar-refractivity contribution < 1.29 is 13.6 Å². The van der Waals surface area contributed by atoms with Gasteiger partial charge in [-0.2, -0.15) is 0 Å². The van der Waals surface area contributed by atoms with Crippen LogP contribution in [0.1, 0.15) is 15.9 Å². The monoisotopic (exact) mass is 296 g/mol. The fourth-order valence-electron chi connectivity index (χ4n) is 1.73. The highest BCUT2D eigenvalue weighted by molar-refractivity contribution is 6.33. The van der Waals surface area contributed by atoms with Crippen LogP contribution in [0.3, 0.4) is 0 Å². The number of hydrogen-bond acceptors (Lipinski definition) is 2. The summed E-state index contributed by atoms with van der Waals surface area (Å²) in [4.78, 5) is 15.6. The van der Waals surface area contributed by atoms with Crippen LogP contribution in [0.15, 0.2) is 36.7 Å². The second-order valence-corrected chi connectivity index (χ2v) is 4.47. The minimum absolute atomic E-state index is 0.0476. The van der Waals surface area contributed by atoms with Crippen LogP contribution in [-0.2, 0) is 6.42 Å². The predicted octanol–water partition coefficient (Wildman–Crippen LogP) is 2.99. The second kappa shape index (κ2) is 6.43. The number of nitrogens with zero attached hydrogens (tertiary/aromatic N) is 1. The molecule has 2 aromatic rings. The van der Waals surface area contributed by atoms with Gasteiger partial charge in [0.1, 0.15) is 11.6 Å².